The zero-order valence-electron chi connectivity index (χ0n) is 19.7. The van der Waals surface area contributed by atoms with E-state index in [-0.39, 0.29) is 36.7 Å². The van der Waals surface area contributed by atoms with Crippen molar-refractivity contribution in [1.82, 2.24) is 19.8 Å². The molecule has 3 aromatic rings. The molecule has 2 heterocycles. The number of nitrogens with zero attached hydrogens (tertiary/aromatic N) is 4. The van der Waals surface area contributed by atoms with Gasteiger partial charge in [0.25, 0.3) is 0 Å². The molecule has 35 heavy (non-hydrogen) atoms. The molecule has 0 radical (unpaired) electrons. The number of likely N-dealkylation sites (N-methyl/N-ethyl adjacent to an activating group) is 1. The highest BCUT2D eigenvalue weighted by Gasteiger charge is 2.35. The van der Waals surface area contributed by atoms with E-state index in [1.165, 1.54) is 18.5 Å². The second kappa shape index (κ2) is 10.6. The molecule has 0 aliphatic carbocycles. The Morgan fingerprint density at radius 2 is 2.11 bits per heavy atom. The number of likely N-dealkylation sites (tertiary alicyclic amines) is 1. The van der Waals surface area contributed by atoms with Gasteiger partial charge in [-0.1, -0.05) is 11.6 Å². The van der Waals surface area contributed by atoms with Crippen molar-refractivity contribution >= 4 is 39.9 Å². The minimum absolute atomic E-state index is 0.0196. The highest BCUT2D eigenvalue weighted by atomic mass is 35.5. The van der Waals surface area contributed by atoms with Crippen LogP contribution in [0.5, 0.6) is 11.5 Å². The van der Waals surface area contributed by atoms with Crippen molar-refractivity contribution < 1.29 is 23.8 Å². The number of halogens is 2. The maximum absolute atomic E-state index is 13.6. The van der Waals surface area contributed by atoms with Crippen LogP contribution in [0.1, 0.15) is 6.42 Å². The summed E-state index contributed by atoms with van der Waals surface area (Å²) in [7, 11) is 5.18. The van der Waals surface area contributed by atoms with Crippen molar-refractivity contribution in [3.63, 3.8) is 0 Å². The normalized spacial score (nSPS) is 17.7. The van der Waals surface area contributed by atoms with Crippen LogP contribution in [0.15, 0.2) is 36.7 Å². The second-order valence-electron chi connectivity index (χ2n) is 8.63. The fourth-order valence-corrected chi connectivity index (χ4v) is 4.25. The molecule has 2 N–H and O–H groups in total. The molecule has 2 aromatic carbocycles. The molecule has 1 saturated heterocycles. The van der Waals surface area contributed by atoms with Gasteiger partial charge in [0.15, 0.2) is 0 Å². The van der Waals surface area contributed by atoms with Crippen LogP contribution in [-0.2, 0) is 4.79 Å². The number of aliphatic hydroxyl groups is 1. The Balaban J connectivity index is 1.64. The van der Waals surface area contributed by atoms with Crippen molar-refractivity contribution in [2.75, 3.05) is 46.2 Å². The van der Waals surface area contributed by atoms with E-state index in [1.54, 1.807) is 35.1 Å². The number of hydrogen-bond acceptors (Lipinski definition) is 8. The monoisotopic (exact) mass is 503 g/mol. The zero-order valence-corrected chi connectivity index (χ0v) is 20.4. The van der Waals surface area contributed by atoms with Crippen molar-refractivity contribution in [2.45, 2.75) is 18.6 Å². The van der Waals surface area contributed by atoms with Gasteiger partial charge >= 0.3 is 0 Å². The molecule has 186 valence electrons. The van der Waals surface area contributed by atoms with Gasteiger partial charge in [0.05, 0.1) is 41.7 Å². The first-order valence-corrected chi connectivity index (χ1v) is 11.4. The molecular formula is C24H27ClFN5O4. The van der Waals surface area contributed by atoms with Crippen LogP contribution in [0.3, 0.4) is 0 Å². The lowest BCUT2D eigenvalue weighted by Crippen LogP contribution is -2.43. The maximum Gasteiger partial charge on any atom is 0.237 e. The minimum Gasteiger partial charge on any atom is -0.497 e. The molecule has 0 spiro atoms. The largest absolute Gasteiger partial charge is 0.497 e. The first-order chi connectivity index (χ1) is 16.7. The summed E-state index contributed by atoms with van der Waals surface area (Å²) in [6.07, 6.45) is 1.20. The van der Waals surface area contributed by atoms with Gasteiger partial charge in [-0.3, -0.25) is 4.79 Å². The number of aliphatic hydroxyl groups excluding tert-OH is 1. The van der Waals surface area contributed by atoms with Gasteiger partial charge < -0.3 is 29.7 Å². The molecule has 11 heteroatoms. The van der Waals surface area contributed by atoms with Crippen molar-refractivity contribution in [1.29, 1.82) is 0 Å². The van der Waals surface area contributed by atoms with E-state index >= 15 is 0 Å². The lowest BCUT2D eigenvalue weighted by Gasteiger charge is -2.26. The van der Waals surface area contributed by atoms with E-state index in [2.05, 4.69) is 15.3 Å². The van der Waals surface area contributed by atoms with E-state index in [1.807, 2.05) is 14.1 Å². The molecule has 0 bridgehead atoms. The Kier molecular flexibility index (Phi) is 7.54. The van der Waals surface area contributed by atoms with Crippen molar-refractivity contribution in [3.05, 3.63) is 47.5 Å². The number of methoxy groups -OCH3 is 1. The minimum atomic E-state index is -0.611. The third-order valence-corrected chi connectivity index (χ3v) is 5.98. The first-order valence-electron chi connectivity index (χ1n) is 11.0. The highest BCUT2D eigenvalue weighted by molar-refractivity contribution is 6.31. The smallest absolute Gasteiger partial charge is 0.237 e. The Bertz CT molecular complexity index is 1230. The highest BCUT2D eigenvalue weighted by Crippen LogP contribution is 2.36. The lowest BCUT2D eigenvalue weighted by atomic mass is 10.1. The van der Waals surface area contributed by atoms with Gasteiger partial charge in [-0.2, -0.15) is 0 Å². The number of nitrogens with one attached hydrogen (secondary N) is 1. The number of hydrogen-bond donors (Lipinski definition) is 2. The fraction of sp³-hybridized carbons (Fsp3) is 0.375. The van der Waals surface area contributed by atoms with Crippen molar-refractivity contribution in [3.8, 4) is 11.5 Å². The summed E-state index contributed by atoms with van der Waals surface area (Å²) in [5, 5.41) is 13.9. The van der Waals surface area contributed by atoms with Crippen LogP contribution in [0, 0.1) is 5.82 Å². The molecule has 1 aliphatic heterocycles. The van der Waals surface area contributed by atoms with Gasteiger partial charge in [0.1, 0.15) is 36.1 Å². The number of anilines is 2. The van der Waals surface area contributed by atoms with Crippen LogP contribution >= 0.6 is 11.6 Å². The van der Waals surface area contributed by atoms with Crippen LogP contribution < -0.4 is 14.8 Å². The number of rotatable bonds is 8. The fourth-order valence-electron chi connectivity index (χ4n) is 4.07. The molecule has 0 saturated carbocycles. The molecule has 1 aliphatic rings. The Hall–Kier alpha value is -3.21. The number of carbonyl (C=O) groups excluding carboxylic acids is 1. The summed E-state index contributed by atoms with van der Waals surface area (Å²) >= 11 is 5.93. The summed E-state index contributed by atoms with van der Waals surface area (Å²) in [5.74, 6) is 0.813. The lowest BCUT2D eigenvalue weighted by molar-refractivity contribution is -0.133. The zero-order chi connectivity index (χ0) is 25.1. The SMILES string of the molecule is COc1cc(OC[C@H]2C[C@H](O)CN2C(=O)CN(C)C)c2c(Nc3ccc(F)c(Cl)c3)ncnc2c1. The number of aromatic nitrogens is 2. The van der Waals surface area contributed by atoms with Gasteiger partial charge in [0, 0.05) is 24.4 Å². The van der Waals surface area contributed by atoms with E-state index in [0.717, 1.165) is 0 Å². The van der Waals surface area contributed by atoms with E-state index in [9.17, 15) is 14.3 Å². The number of carbonyl (C=O) groups is 1. The molecule has 1 fully saturated rings. The summed E-state index contributed by atoms with van der Waals surface area (Å²) in [6, 6.07) is 7.44. The van der Waals surface area contributed by atoms with Crippen LogP contribution in [0.4, 0.5) is 15.9 Å². The third-order valence-electron chi connectivity index (χ3n) is 5.69. The van der Waals surface area contributed by atoms with Gasteiger partial charge in [-0.05, 0) is 38.7 Å². The van der Waals surface area contributed by atoms with Crippen LogP contribution in [0.2, 0.25) is 5.02 Å². The number of benzene rings is 2. The average Bonchev–Trinajstić information content (AvgIpc) is 3.20. The van der Waals surface area contributed by atoms with Crippen LogP contribution in [0.25, 0.3) is 10.9 Å². The average molecular weight is 504 g/mol. The van der Waals surface area contributed by atoms with E-state index in [0.29, 0.717) is 40.3 Å². The maximum atomic E-state index is 13.6. The Morgan fingerprint density at radius 3 is 2.83 bits per heavy atom. The summed E-state index contributed by atoms with van der Waals surface area (Å²) < 4.78 is 25.2. The number of β-amino-alcohol motifs (C(OH)–C–C–N with tert-alkyl or cyclic N) is 1. The Labute approximate surface area is 207 Å². The molecule has 0 unspecified atom stereocenters. The standard InChI is InChI=1S/C24H27ClFN5O4/c1-30(2)11-22(33)31-10-16(32)7-15(31)12-35-21-9-17(34-3)8-20-23(21)24(28-13-27-20)29-14-4-5-19(26)18(25)6-14/h4-6,8-9,13,15-16,32H,7,10-12H2,1-3H3,(H,27,28,29)/t15-,16+/m1/s1. The van der Waals surface area contributed by atoms with Gasteiger partial charge in [0.2, 0.25) is 5.91 Å². The van der Waals surface area contributed by atoms with Crippen LogP contribution in [-0.4, -0.2) is 83.8 Å². The number of fused-ring (bicyclic) bond motifs is 1. The van der Waals surface area contributed by atoms with Gasteiger partial charge in [-0.15, -0.1) is 0 Å². The second-order valence-corrected chi connectivity index (χ2v) is 9.04. The van der Waals surface area contributed by atoms with Crippen molar-refractivity contribution in [2.24, 2.45) is 0 Å². The van der Waals surface area contributed by atoms with E-state index < -0.39 is 11.9 Å². The summed E-state index contributed by atoms with van der Waals surface area (Å²) in [4.78, 5) is 24.8. The third kappa shape index (κ3) is 5.72. The molecule has 9 nitrogen and oxygen atoms in total. The topological polar surface area (TPSA) is 100 Å². The predicted molar refractivity (Wildman–Crippen MR) is 131 cm³/mol. The first kappa shape index (κ1) is 24.9. The van der Waals surface area contributed by atoms with E-state index in [4.69, 9.17) is 21.1 Å². The van der Waals surface area contributed by atoms with Gasteiger partial charge in [-0.25, -0.2) is 14.4 Å². The number of ether oxygens (including phenoxy) is 2. The molecule has 1 amide bonds. The summed E-state index contributed by atoms with van der Waals surface area (Å²) in [5.41, 5.74) is 1.11. The predicted octanol–water partition coefficient (Wildman–Crippen LogP) is 3.08. The molecular weight excluding hydrogens is 477 g/mol. The Morgan fingerprint density at radius 1 is 1.31 bits per heavy atom. The molecule has 1 aromatic heterocycles. The quantitative estimate of drug-likeness (QED) is 0.484. The molecule has 4 rings (SSSR count). The number of amides is 1. The summed E-state index contributed by atoms with van der Waals surface area (Å²) in [6.45, 7) is 0.670. The molecule has 2 atom stereocenters.